The highest BCUT2D eigenvalue weighted by Crippen LogP contribution is 2.19. The number of anilines is 1. The van der Waals surface area contributed by atoms with Gasteiger partial charge >= 0.3 is 0 Å². The van der Waals surface area contributed by atoms with Crippen molar-refractivity contribution < 1.29 is 4.79 Å². The molecule has 3 aromatic rings. The maximum atomic E-state index is 12.1. The van der Waals surface area contributed by atoms with Crippen LogP contribution in [0, 0.1) is 0 Å². The molecule has 0 radical (unpaired) electrons. The van der Waals surface area contributed by atoms with Crippen molar-refractivity contribution in [2.75, 3.05) is 5.32 Å². The topological polar surface area (TPSA) is 42.0 Å². The number of carbonyl (C=O) groups is 1. The second-order valence-electron chi connectivity index (χ2n) is 4.58. The predicted octanol–water partition coefficient (Wildman–Crippen LogP) is 3.84. The first kappa shape index (κ1) is 15.0. The van der Waals surface area contributed by atoms with Gasteiger partial charge in [0.1, 0.15) is 5.82 Å². The average molecular weight is 299 g/mol. The number of amides is 1. The van der Waals surface area contributed by atoms with Crippen molar-refractivity contribution in [3.05, 3.63) is 72.4 Å². The van der Waals surface area contributed by atoms with E-state index in [0.29, 0.717) is 12.2 Å². The number of halogens is 1. The molecule has 0 atom stereocenters. The quantitative estimate of drug-likeness (QED) is 0.798. The molecule has 0 aliphatic rings. The van der Waals surface area contributed by atoms with E-state index >= 15 is 0 Å². The van der Waals surface area contributed by atoms with Gasteiger partial charge < -0.3 is 5.32 Å². The van der Waals surface area contributed by atoms with Gasteiger partial charge in [0.05, 0.1) is 6.42 Å². The summed E-state index contributed by atoms with van der Waals surface area (Å²) in [5, 5.41) is 5.07. The molecule has 1 aromatic heterocycles. The predicted molar refractivity (Wildman–Crippen MR) is 87.8 cm³/mol. The Bertz CT molecular complexity index is 739. The van der Waals surface area contributed by atoms with E-state index in [9.17, 15) is 4.79 Å². The van der Waals surface area contributed by atoms with Crippen molar-refractivity contribution in [1.82, 2.24) is 4.98 Å². The number of aromatic nitrogens is 1. The van der Waals surface area contributed by atoms with Crippen molar-refractivity contribution in [2.45, 2.75) is 6.42 Å². The van der Waals surface area contributed by atoms with E-state index < -0.39 is 0 Å². The molecule has 0 unspecified atom stereocenters. The first-order valence-electron chi connectivity index (χ1n) is 6.50. The number of nitrogens with one attached hydrogen (secondary N) is 1. The zero-order chi connectivity index (χ0) is 13.8. The Balaban J connectivity index is 0.00000161. The number of rotatable bonds is 3. The van der Waals surface area contributed by atoms with Crippen LogP contribution in [0.4, 0.5) is 5.82 Å². The molecule has 106 valence electrons. The van der Waals surface area contributed by atoms with Gasteiger partial charge in [0.15, 0.2) is 0 Å². The summed E-state index contributed by atoms with van der Waals surface area (Å²) in [7, 11) is 0. The number of hydrogen-bond acceptors (Lipinski definition) is 2. The Morgan fingerprint density at radius 3 is 2.52 bits per heavy atom. The lowest BCUT2D eigenvalue weighted by molar-refractivity contribution is -0.115. The van der Waals surface area contributed by atoms with Crippen LogP contribution in [0.2, 0.25) is 0 Å². The number of benzene rings is 2. The maximum absolute atomic E-state index is 12.1. The first-order chi connectivity index (χ1) is 9.83. The van der Waals surface area contributed by atoms with Gasteiger partial charge in [-0.15, -0.1) is 12.4 Å². The third-order valence-electron chi connectivity index (χ3n) is 3.16. The minimum atomic E-state index is -0.0555. The third kappa shape index (κ3) is 3.58. The van der Waals surface area contributed by atoms with Crippen LogP contribution in [-0.4, -0.2) is 10.9 Å². The molecule has 1 amide bonds. The van der Waals surface area contributed by atoms with Gasteiger partial charge in [-0.1, -0.05) is 48.5 Å². The number of nitrogens with zero attached hydrogens (tertiary/aromatic N) is 1. The highest BCUT2D eigenvalue weighted by atomic mass is 35.5. The molecule has 21 heavy (non-hydrogen) atoms. The highest BCUT2D eigenvalue weighted by molar-refractivity contribution is 5.95. The third-order valence-corrected chi connectivity index (χ3v) is 3.16. The molecule has 3 rings (SSSR count). The molecule has 0 spiro atoms. The maximum Gasteiger partial charge on any atom is 0.229 e. The lowest BCUT2D eigenvalue weighted by Gasteiger charge is -2.07. The van der Waals surface area contributed by atoms with Crippen molar-refractivity contribution in [3.63, 3.8) is 0 Å². The largest absolute Gasteiger partial charge is 0.310 e. The monoisotopic (exact) mass is 298 g/mol. The molecule has 1 heterocycles. The second-order valence-corrected chi connectivity index (χ2v) is 4.58. The van der Waals surface area contributed by atoms with Crippen molar-refractivity contribution in [3.8, 4) is 0 Å². The minimum absolute atomic E-state index is 0. The minimum Gasteiger partial charge on any atom is -0.310 e. The van der Waals surface area contributed by atoms with Crippen LogP contribution >= 0.6 is 12.4 Å². The standard InChI is InChI=1S/C17H14N2O.ClH/c20-17(19-16-10-3-4-11-18-16)12-14-8-5-7-13-6-1-2-9-15(13)14;/h1-11H,12H2,(H,18,19,20);1H. The molecule has 0 bridgehead atoms. The van der Waals surface area contributed by atoms with Gasteiger partial charge in [0.2, 0.25) is 5.91 Å². The van der Waals surface area contributed by atoms with Crippen LogP contribution in [0.25, 0.3) is 10.8 Å². The molecule has 0 fully saturated rings. The Kier molecular flexibility index (Phi) is 4.90. The Morgan fingerprint density at radius 2 is 1.71 bits per heavy atom. The van der Waals surface area contributed by atoms with Crippen LogP contribution in [0.3, 0.4) is 0 Å². The average Bonchev–Trinajstić information content (AvgIpc) is 2.48. The van der Waals surface area contributed by atoms with Gasteiger partial charge in [-0.25, -0.2) is 4.98 Å². The first-order valence-corrected chi connectivity index (χ1v) is 6.50. The lowest BCUT2D eigenvalue weighted by atomic mass is 10.0. The van der Waals surface area contributed by atoms with Crippen LogP contribution < -0.4 is 5.32 Å². The molecule has 0 aliphatic heterocycles. The summed E-state index contributed by atoms with van der Waals surface area (Å²) in [6.45, 7) is 0. The fourth-order valence-electron chi connectivity index (χ4n) is 2.24. The van der Waals surface area contributed by atoms with Crippen LogP contribution in [0.1, 0.15) is 5.56 Å². The zero-order valence-corrected chi connectivity index (χ0v) is 12.1. The summed E-state index contributed by atoms with van der Waals surface area (Å²) < 4.78 is 0. The number of carbonyl (C=O) groups excluding carboxylic acids is 1. The van der Waals surface area contributed by atoms with E-state index in [-0.39, 0.29) is 18.3 Å². The fourth-order valence-corrected chi connectivity index (χ4v) is 2.24. The molecule has 1 N–H and O–H groups in total. The second kappa shape index (κ2) is 6.86. The van der Waals surface area contributed by atoms with Crippen LogP contribution in [-0.2, 0) is 11.2 Å². The van der Waals surface area contributed by atoms with Crippen LogP contribution in [0.5, 0.6) is 0 Å². The summed E-state index contributed by atoms with van der Waals surface area (Å²) in [6.07, 6.45) is 2.01. The van der Waals surface area contributed by atoms with Gasteiger partial charge in [0, 0.05) is 6.20 Å². The van der Waals surface area contributed by atoms with Crippen molar-refractivity contribution in [2.24, 2.45) is 0 Å². The van der Waals surface area contributed by atoms with E-state index in [4.69, 9.17) is 0 Å². The number of pyridine rings is 1. The number of fused-ring (bicyclic) bond motifs is 1. The molecule has 0 saturated carbocycles. The van der Waals surface area contributed by atoms with Crippen LogP contribution in [0.15, 0.2) is 66.9 Å². The Labute approximate surface area is 129 Å². The van der Waals surface area contributed by atoms with E-state index in [1.54, 1.807) is 12.3 Å². The summed E-state index contributed by atoms with van der Waals surface area (Å²) in [5.74, 6) is 0.526. The van der Waals surface area contributed by atoms with Crippen molar-refractivity contribution in [1.29, 1.82) is 0 Å². The van der Waals surface area contributed by atoms with E-state index in [1.807, 2.05) is 42.5 Å². The zero-order valence-electron chi connectivity index (χ0n) is 11.3. The van der Waals surface area contributed by atoms with E-state index in [0.717, 1.165) is 16.3 Å². The van der Waals surface area contributed by atoms with Gasteiger partial charge in [-0.2, -0.15) is 0 Å². The molecule has 4 heteroatoms. The summed E-state index contributed by atoms with van der Waals surface area (Å²) >= 11 is 0. The summed E-state index contributed by atoms with van der Waals surface area (Å²) in [5.41, 5.74) is 1.02. The van der Waals surface area contributed by atoms with Crippen molar-refractivity contribution >= 4 is 34.9 Å². The van der Waals surface area contributed by atoms with E-state index in [2.05, 4.69) is 22.4 Å². The Morgan fingerprint density at radius 1 is 0.952 bits per heavy atom. The SMILES string of the molecule is Cl.O=C(Cc1cccc2ccccc12)Nc1ccccn1. The normalized spacial score (nSPS) is 9.90. The molecule has 0 saturated heterocycles. The number of hydrogen-bond donors (Lipinski definition) is 1. The summed E-state index contributed by atoms with van der Waals surface area (Å²) in [6, 6.07) is 19.5. The Hall–Kier alpha value is -2.39. The molecular weight excluding hydrogens is 284 g/mol. The van der Waals surface area contributed by atoms with Gasteiger partial charge in [0.25, 0.3) is 0 Å². The molecule has 3 nitrogen and oxygen atoms in total. The van der Waals surface area contributed by atoms with E-state index in [1.165, 1.54) is 0 Å². The molecule has 0 aliphatic carbocycles. The van der Waals surface area contributed by atoms with Gasteiger partial charge in [-0.3, -0.25) is 4.79 Å². The fraction of sp³-hybridized carbons (Fsp3) is 0.0588. The summed E-state index contributed by atoms with van der Waals surface area (Å²) in [4.78, 5) is 16.2. The van der Waals surface area contributed by atoms with Gasteiger partial charge in [-0.05, 0) is 28.5 Å². The highest BCUT2D eigenvalue weighted by Gasteiger charge is 2.07. The lowest BCUT2D eigenvalue weighted by Crippen LogP contribution is -2.15. The smallest absolute Gasteiger partial charge is 0.229 e. The molecule has 2 aromatic carbocycles. The molecular formula is C17H15ClN2O.